The van der Waals surface area contributed by atoms with Crippen LogP contribution in [-0.2, 0) is 21.2 Å². The van der Waals surface area contributed by atoms with Crippen LogP contribution in [-0.4, -0.2) is 26.6 Å². The van der Waals surface area contributed by atoms with E-state index in [-0.39, 0.29) is 11.7 Å². The molecule has 0 radical (unpaired) electrons. The second kappa shape index (κ2) is 6.05. The SMILES string of the molecule is CC[C@H](C)CN1C(=O)Cc2cc(NS(=O)(=O)CC)ccc21. The van der Waals surface area contributed by atoms with Gasteiger partial charge in [0.2, 0.25) is 15.9 Å². The van der Waals surface area contributed by atoms with Crippen LogP contribution in [0, 0.1) is 5.92 Å². The lowest BCUT2D eigenvalue weighted by atomic mass is 10.1. The number of hydrogen-bond acceptors (Lipinski definition) is 3. The smallest absolute Gasteiger partial charge is 0.232 e. The number of hydrogen-bond donors (Lipinski definition) is 1. The average molecular weight is 310 g/mol. The molecule has 21 heavy (non-hydrogen) atoms. The topological polar surface area (TPSA) is 66.5 Å². The first kappa shape index (κ1) is 15.8. The molecule has 1 aromatic carbocycles. The van der Waals surface area contributed by atoms with Crippen LogP contribution in [0.5, 0.6) is 0 Å². The third kappa shape index (κ3) is 3.56. The summed E-state index contributed by atoms with van der Waals surface area (Å²) in [6, 6.07) is 5.31. The van der Waals surface area contributed by atoms with Gasteiger partial charge in [-0.2, -0.15) is 0 Å². The van der Waals surface area contributed by atoms with Crippen LogP contribution in [0.2, 0.25) is 0 Å². The van der Waals surface area contributed by atoms with Crippen molar-refractivity contribution >= 4 is 27.3 Å². The molecule has 1 atom stereocenters. The highest BCUT2D eigenvalue weighted by Crippen LogP contribution is 2.32. The summed E-state index contributed by atoms with van der Waals surface area (Å²) in [4.78, 5) is 13.9. The van der Waals surface area contributed by atoms with Crippen LogP contribution in [0.4, 0.5) is 11.4 Å². The molecule has 1 N–H and O–H groups in total. The summed E-state index contributed by atoms with van der Waals surface area (Å²) in [5, 5.41) is 0. The molecule has 0 aromatic heterocycles. The number of sulfonamides is 1. The molecule has 0 bridgehead atoms. The molecule has 1 heterocycles. The van der Waals surface area contributed by atoms with Gasteiger partial charge in [-0.1, -0.05) is 20.3 Å². The van der Waals surface area contributed by atoms with Crippen molar-refractivity contribution in [1.82, 2.24) is 0 Å². The van der Waals surface area contributed by atoms with Crippen molar-refractivity contribution in [2.24, 2.45) is 5.92 Å². The standard InChI is InChI=1S/C15H22N2O3S/c1-4-11(3)10-17-14-7-6-13(16-21(19,20)5-2)8-12(14)9-15(17)18/h6-8,11,16H,4-5,9-10H2,1-3H3/t11-/m0/s1. The maximum Gasteiger partial charge on any atom is 0.232 e. The van der Waals surface area contributed by atoms with Gasteiger partial charge in [-0.05, 0) is 36.6 Å². The summed E-state index contributed by atoms with van der Waals surface area (Å²) in [6.07, 6.45) is 1.36. The normalized spacial score (nSPS) is 16.0. The van der Waals surface area contributed by atoms with Gasteiger partial charge in [0.25, 0.3) is 0 Å². The zero-order valence-corrected chi connectivity index (χ0v) is 13.5. The monoisotopic (exact) mass is 310 g/mol. The minimum atomic E-state index is -3.29. The molecule has 0 spiro atoms. The molecule has 2 rings (SSSR count). The molecule has 0 saturated heterocycles. The lowest BCUT2D eigenvalue weighted by molar-refractivity contribution is -0.117. The highest BCUT2D eigenvalue weighted by molar-refractivity contribution is 7.92. The molecule has 0 fully saturated rings. The third-order valence-corrected chi connectivity index (χ3v) is 5.16. The fraction of sp³-hybridized carbons (Fsp3) is 0.533. The van der Waals surface area contributed by atoms with E-state index in [1.165, 1.54) is 0 Å². The molecule has 0 unspecified atom stereocenters. The van der Waals surface area contributed by atoms with Crippen molar-refractivity contribution in [3.8, 4) is 0 Å². The maximum absolute atomic E-state index is 12.1. The van der Waals surface area contributed by atoms with E-state index in [4.69, 9.17) is 0 Å². The highest BCUT2D eigenvalue weighted by Gasteiger charge is 2.28. The Morgan fingerprint density at radius 3 is 2.67 bits per heavy atom. The number of carbonyl (C=O) groups excluding carboxylic acids is 1. The fourth-order valence-corrected chi connectivity index (χ4v) is 2.97. The number of amides is 1. The number of fused-ring (bicyclic) bond motifs is 1. The third-order valence-electron chi connectivity index (χ3n) is 3.86. The predicted molar refractivity (Wildman–Crippen MR) is 85.0 cm³/mol. The number of nitrogens with zero attached hydrogens (tertiary/aromatic N) is 1. The van der Waals surface area contributed by atoms with Crippen molar-refractivity contribution in [3.05, 3.63) is 23.8 Å². The van der Waals surface area contributed by atoms with E-state index >= 15 is 0 Å². The highest BCUT2D eigenvalue weighted by atomic mass is 32.2. The fourth-order valence-electron chi connectivity index (χ4n) is 2.34. The Morgan fingerprint density at radius 1 is 1.33 bits per heavy atom. The lowest BCUT2D eigenvalue weighted by Gasteiger charge is -2.21. The van der Waals surface area contributed by atoms with Gasteiger partial charge in [0.1, 0.15) is 0 Å². The van der Waals surface area contributed by atoms with Crippen LogP contribution in [0.3, 0.4) is 0 Å². The molecule has 1 aromatic rings. The van der Waals surface area contributed by atoms with E-state index in [2.05, 4.69) is 18.6 Å². The molecule has 1 aliphatic heterocycles. The number of benzene rings is 1. The molecule has 116 valence electrons. The molecule has 0 aliphatic carbocycles. The van der Waals surface area contributed by atoms with E-state index in [0.29, 0.717) is 24.6 Å². The molecule has 6 heteroatoms. The number of carbonyl (C=O) groups is 1. The van der Waals surface area contributed by atoms with Crippen molar-refractivity contribution in [3.63, 3.8) is 0 Å². The summed E-state index contributed by atoms with van der Waals surface area (Å²) < 4.78 is 25.7. The Morgan fingerprint density at radius 2 is 2.05 bits per heavy atom. The van der Waals surface area contributed by atoms with Crippen LogP contribution < -0.4 is 9.62 Å². The van der Waals surface area contributed by atoms with E-state index in [1.807, 2.05) is 11.0 Å². The van der Waals surface area contributed by atoms with E-state index < -0.39 is 10.0 Å². The largest absolute Gasteiger partial charge is 0.312 e. The molecular formula is C15H22N2O3S. The first-order valence-corrected chi connectivity index (χ1v) is 8.95. The lowest BCUT2D eigenvalue weighted by Crippen LogP contribution is -2.31. The van der Waals surface area contributed by atoms with Crippen LogP contribution in [0.15, 0.2) is 18.2 Å². The van der Waals surface area contributed by atoms with Crippen molar-refractivity contribution in [1.29, 1.82) is 0 Å². The second-order valence-corrected chi connectivity index (χ2v) is 7.55. The van der Waals surface area contributed by atoms with Crippen molar-refractivity contribution in [2.45, 2.75) is 33.6 Å². The molecular weight excluding hydrogens is 288 g/mol. The van der Waals surface area contributed by atoms with Crippen LogP contribution in [0.1, 0.15) is 32.8 Å². The molecule has 1 amide bonds. The Labute approximate surface area is 126 Å². The minimum Gasteiger partial charge on any atom is -0.312 e. The van der Waals surface area contributed by atoms with Gasteiger partial charge in [0.15, 0.2) is 0 Å². The predicted octanol–water partition coefficient (Wildman–Crippen LogP) is 2.38. The quantitative estimate of drug-likeness (QED) is 0.877. The van der Waals surface area contributed by atoms with Gasteiger partial charge in [0, 0.05) is 17.9 Å². The van der Waals surface area contributed by atoms with Gasteiger partial charge in [0.05, 0.1) is 12.2 Å². The minimum absolute atomic E-state index is 0.0309. The first-order chi connectivity index (χ1) is 9.86. The number of nitrogens with one attached hydrogen (secondary N) is 1. The summed E-state index contributed by atoms with van der Waals surface area (Å²) in [5.74, 6) is 0.558. The van der Waals surface area contributed by atoms with Crippen molar-refractivity contribution < 1.29 is 13.2 Å². The number of rotatable bonds is 6. The summed E-state index contributed by atoms with van der Waals surface area (Å²) >= 11 is 0. The average Bonchev–Trinajstić information content (AvgIpc) is 2.74. The van der Waals surface area contributed by atoms with Gasteiger partial charge in [-0.25, -0.2) is 8.42 Å². The zero-order chi connectivity index (χ0) is 15.6. The Kier molecular flexibility index (Phi) is 4.56. The van der Waals surface area contributed by atoms with Gasteiger partial charge in [-0.3, -0.25) is 9.52 Å². The van der Waals surface area contributed by atoms with E-state index in [1.54, 1.807) is 19.1 Å². The molecule has 1 aliphatic rings. The van der Waals surface area contributed by atoms with Crippen LogP contribution in [0.25, 0.3) is 0 Å². The second-order valence-electron chi connectivity index (χ2n) is 5.54. The Hall–Kier alpha value is -1.56. The first-order valence-electron chi connectivity index (χ1n) is 7.30. The molecule has 5 nitrogen and oxygen atoms in total. The van der Waals surface area contributed by atoms with Gasteiger partial charge >= 0.3 is 0 Å². The maximum atomic E-state index is 12.1. The number of anilines is 2. The van der Waals surface area contributed by atoms with E-state index in [0.717, 1.165) is 17.7 Å². The van der Waals surface area contributed by atoms with E-state index in [9.17, 15) is 13.2 Å². The summed E-state index contributed by atoms with van der Waals surface area (Å²) in [5.41, 5.74) is 2.31. The van der Waals surface area contributed by atoms with Crippen LogP contribution >= 0.6 is 0 Å². The van der Waals surface area contributed by atoms with Crippen molar-refractivity contribution in [2.75, 3.05) is 21.9 Å². The summed E-state index contributed by atoms with van der Waals surface area (Å²) in [7, 11) is -3.29. The zero-order valence-electron chi connectivity index (χ0n) is 12.7. The van der Waals surface area contributed by atoms with Gasteiger partial charge in [-0.15, -0.1) is 0 Å². The Bertz CT molecular complexity index is 640. The Balaban J connectivity index is 2.23. The van der Waals surface area contributed by atoms with Gasteiger partial charge < -0.3 is 4.90 Å². The summed E-state index contributed by atoms with van der Waals surface area (Å²) in [6.45, 7) is 6.53. The molecule has 0 saturated carbocycles.